The normalized spacial score (nSPS) is 11.4. The van der Waals surface area contributed by atoms with E-state index in [-0.39, 0.29) is 5.56 Å². The summed E-state index contributed by atoms with van der Waals surface area (Å²) in [5.41, 5.74) is 1.82. The minimum Gasteiger partial charge on any atom is -0.451 e. The first-order chi connectivity index (χ1) is 12.9. The van der Waals surface area contributed by atoms with Crippen LogP contribution in [0.5, 0.6) is 0 Å². The predicted octanol–water partition coefficient (Wildman–Crippen LogP) is 2.69. The number of amides is 2. The van der Waals surface area contributed by atoms with Gasteiger partial charge in [0.05, 0.1) is 0 Å². The maximum absolute atomic E-state index is 13.1. The number of ether oxygens (including phenoxy) is 1. The minimum absolute atomic E-state index is 0.0871. The topological polar surface area (TPSA) is 84.5 Å². The molecule has 0 unspecified atom stereocenters. The lowest BCUT2D eigenvalue weighted by molar-refractivity contribution is -0.152. The lowest BCUT2D eigenvalue weighted by atomic mass is 10.1. The van der Waals surface area contributed by atoms with E-state index in [2.05, 4.69) is 10.6 Å². The van der Waals surface area contributed by atoms with Crippen molar-refractivity contribution >= 4 is 23.5 Å². The lowest BCUT2D eigenvalue weighted by Crippen LogP contribution is -2.35. The van der Waals surface area contributed by atoms with Crippen molar-refractivity contribution in [3.8, 4) is 0 Å². The Kier molecular flexibility index (Phi) is 7.05. The Balaban J connectivity index is 1.80. The molecule has 27 heavy (non-hydrogen) atoms. The summed E-state index contributed by atoms with van der Waals surface area (Å²) in [7, 11) is 0. The summed E-state index contributed by atoms with van der Waals surface area (Å²) in [5, 5.41) is 4.97. The van der Waals surface area contributed by atoms with Crippen LogP contribution in [-0.2, 0) is 20.7 Å². The number of rotatable bonds is 7. The van der Waals surface area contributed by atoms with E-state index in [9.17, 15) is 18.8 Å². The van der Waals surface area contributed by atoms with Gasteiger partial charge in [0.1, 0.15) is 12.4 Å². The Morgan fingerprint density at radius 2 is 1.81 bits per heavy atom. The number of carbonyl (C=O) groups is 3. The number of anilines is 1. The van der Waals surface area contributed by atoms with Gasteiger partial charge in [-0.1, -0.05) is 25.1 Å². The quantitative estimate of drug-likeness (QED) is 0.732. The van der Waals surface area contributed by atoms with Gasteiger partial charge in [0.25, 0.3) is 11.8 Å². The highest BCUT2D eigenvalue weighted by Crippen LogP contribution is 2.11. The van der Waals surface area contributed by atoms with E-state index in [1.807, 2.05) is 19.1 Å². The number of aryl methyl sites for hydroxylation is 1. The molecule has 0 bridgehead atoms. The van der Waals surface area contributed by atoms with Crippen LogP contribution >= 0.6 is 0 Å². The highest BCUT2D eigenvalue weighted by molar-refractivity contribution is 5.97. The average molecular weight is 372 g/mol. The second-order valence-corrected chi connectivity index (χ2v) is 5.86. The van der Waals surface area contributed by atoms with Gasteiger partial charge >= 0.3 is 5.97 Å². The van der Waals surface area contributed by atoms with Gasteiger partial charge in [0, 0.05) is 11.3 Å². The number of carbonyl (C=O) groups excluding carboxylic acids is 3. The van der Waals surface area contributed by atoms with Crippen molar-refractivity contribution in [2.45, 2.75) is 26.4 Å². The summed E-state index contributed by atoms with van der Waals surface area (Å²) in [6.07, 6.45) is -0.140. The van der Waals surface area contributed by atoms with Gasteiger partial charge in [0.2, 0.25) is 0 Å². The molecule has 0 aliphatic rings. The zero-order valence-electron chi connectivity index (χ0n) is 15.1. The molecule has 2 amide bonds. The molecule has 0 fully saturated rings. The van der Waals surface area contributed by atoms with Crippen molar-refractivity contribution in [1.29, 1.82) is 0 Å². The zero-order valence-corrected chi connectivity index (χ0v) is 15.1. The summed E-state index contributed by atoms with van der Waals surface area (Å²) in [4.78, 5) is 35.7. The monoisotopic (exact) mass is 372 g/mol. The average Bonchev–Trinajstić information content (AvgIpc) is 2.66. The molecule has 0 saturated carbocycles. The first-order valence-electron chi connectivity index (χ1n) is 8.52. The van der Waals surface area contributed by atoms with Crippen LogP contribution in [0.2, 0.25) is 0 Å². The van der Waals surface area contributed by atoms with Gasteiger partial charge in [0.15, 0.2) is 6.10 Å². The van der Waals surface area contributed by atoms with Crippen molar-refractivity contribution < 1.29 is 23.5 Å². The SMILES string of the molecule is CCc1ccc(NC(=O)[C@H](C)OC(=O)CNC(=O)c2cccc(F)c2)cc1. The van der Waals surface area contributed by atoms with Crippen LogP contribution in [0.3, 0.4) is 0 Å². The molecule has 2 aromatic rings. The number of benzene rings is 2. The van der Waals surface area contributed by atoms with E-state index in [0.717, 1.165) is 18.1 Å². The van der Waals surface area contributed by atoms with Crippen LogP contribution in [0.25, 0.3) is 0 Å². The summed E-state index contributed by atoms with van der Waals surface area (Å²) in [6, 6.07) is 12.4. The van der Waals surface area contributed by atoms with E-state index in [1.54, 1.807) is 12.1 Å². The molecule has 2 rings (SSSR count). The second kappa shape index (κ2) is 9.47. The van der Waals surface area contributed by atoms with Crippen LogP contribution in [0.1, 0.15) is 29.8 Å². The van der Waals surface area contributed by atoms with Crippen LogP contribution in [0, 0.1) is 5.82 Å². The Labute approximate surface area is 156 Å². The molecule has 0 spiro atoms. The molecule has 0 aliphatic carbocycles. The Bertz CT molecular complexity index is 821. The molecule has 2 N–H and O–H groups in total. The Hall–Kier alpha value is -3.22. The van der Waals surface area contributed by atoms with Crippen LogP contribution < -0.4 is 10.6 Å². The van der Waals surface area contributed by atoms with Gasteiger partial charge in [-0.05, 0) is 49.2 Å². The molecule has 2 aromatic carbocycles. The molecule has 0 heterocycles. The molecule has 6 nitrogen and oxygen atoms in total. The lowest BCUT2D eigenvalue weighted by Gasteiger charge is -2.14. The number of esters is 1. The summed E-state index contributed by atoms with van der Waals surface area (Å²) >= 11 is 0. The highest BCUT2D eigenvalue weighted by atomic mass is 19.1. The first-order valence-corrected chi connectivity index (χ1v) is 8.52. The van der Waals surface area contributed by atoms with Crippen molar-refractivity contribution in [3.63, 3.8) is 0 Å². The molecule has 1 atom stereocenters. The van der Waals surface area contributed by atoms with Crippen molar-refractivity contribution in [1.82, 2.24) is 5.32 Å². The van der Waals surface area contributed by atoms with E-state index in [0.29, 0.717) is 5.69 Å². The van der Waals surface area contributed by atoms with E-state index in [4.69, 9.17) is 4.74 Å². The predicted molar refractivity (Wildman–Crippen MR) is 98.7 cm³/mol. The van der Waals surface area contributed by atoms with Gasteiger partial charge < -0.3 is 15.4 Å². The van der Waals surface area contributed by atoms with Crippen molar-refractivity contribution in [2.24, 2.45) is 0 Å². The highest BCUT2D eigenvalue weighted by Gasteiger charge is 2.18. The summed E-state index contributed by atoms with van der Waals surface area (Å²) in [6.45, 7) is 3.03. The fraction of sp³-hybridized carbons (Fsp3) is 0.250. The first kappa shape index (κ1) is 20.1. The molecule has 0 radical (unpaired) electrons. The molecule has 0 aliphatic heterocycles. The zero-order chi connectivity index (χ0) is 19.8. The standard InChI is InChI=1S/C20H21FN2O4/c1-3-14-7-9-17(10-8-14)23-19(25)13(2)27-18(24)12-22-20(26)15-5-4-6-16(21)11-15/h4-11,13H,3,12H2,1-2H3,(H,22,26)(H,23,25)/t13-/m0/s1. The van der Waals surface area contributed by atoms with Crippen LogP contribution in [0.15, 0.2) is 48.5 Å². The Morgan fingerprint density at radius 1 is 1.11 bits per heavy atom. The molecule has 0 aromatic heterocycles. The summed E-state index contributed by atoms with van der Waals surface area (Å²) in [5.74, 6) is -2.42. The molecule has 142 valence electrons. The van der Waals surface area contributed by atoms with Crippen molar-refractivity contribution in [3.05, 3.63) is 65.5 Å². The third-order valence-corrected chi connectivity index (χ3v) is 3.79. The third-order valence-electron chi connectivity index (χ3n) is 3.79. The number of hydrogen-bond donors (Lipinski definition) is 2. The number of nitrogens with one attached hydrogen (secondary N) is 2. The largest absolute Gasteiger partial charge is 0.451 e. The molecular weight excluding hydrogens is 351 g/mol. The van der Waals surface area contributed by atoms with E-state index in [1.165, 1.54) is 25.1 Å². The molecule has 0 saturated heterocycles. The maximum Gasteiger partial charge on any atom is 0.326 e. The number of hydrogen-bond acceptors (Lipinski definition) is 4. The minimum atomic E-state index is -1.03. The third kappa shape index (κ3) is 6.22. The van der Waals surface area contributed by atoms with E-state index < -0.39 is 36.2 Å². The fourth-order valence-corrected chi connectivity index (χ4v) is 2.24. The van der Waals surface area contributed by atoms with Gasteiger partial charge in [-0.2, -0.15) is 0 Å². The molecular formula is C20H21FN2O4. The van der Waals surface area contributed by atoms with E-state index >= 15 is 0 Å². The van der Waals surface area contributed by atoms with Gasteiger partial charge in [-0.25, -0.2) is 4.39 Å². The Morgan fingerprint density at radius 3 is 2.44 bits per heavy atom. The second-order valence-electron chi connectivity index (χ2n) is 5.86. The smallest absolute Gasteiger partial charge is 0.326 e. The maximum atomic E-state index is 13.1. The van der Waals surface area contributed by atoms with Crippen LogP contribution in [0.4, 0.5) is 10.1 Å². The van der Waals surface area contributed by atoms with Crippen LogP contribution in [-0.4, -0.2) is 30.4 Å². The fourth-order valence-electron chi connectivity index (χ4n) is 2.24. The molecule has 7 heteroatoms. The van der Waals surface area contributed by atoms with Crippen molar-refractivity contribution in [2.75, 3.05) is 11.9 Å². The van der Waals surface area contributed by atoms with Gasteiger partial charge in [-0.3, -0.25) is 14.4 Å². The number of halogens is 1. The summed E-state index contributed by atoms with van der Waals surface area (Å²) < 4.78 is 18.1. The van der Waals surface area contributed by atoms with Gasteiger partial charge in [-0.15, -0.1) is 0 Å².